The largest absolute Gasteiger partial charge is 0.469 e. The minimum Gasteiger partial charge on any atom is -0.469 e. The fourth-order valence-electron chi connectivity index (χ4n) is 2.20. The van der Waals surface area contributed by atoms with Gasteiger partial charge in [0.05, 0.1) is 23.3 Å². The van der Waals surface area contributed by atoms with E-state index in [1.807, 2.05) is 35.9 Å². The molecule has 7 heteroatoms. The van der Waals surface area contributed by atoms with Crippen molar-refractivity contribution >= 4 is 44.5 Å². The zero-order valence-electron chi connectivity index (χ0n) is 12.4. The van der Waals surface area contributed by atoms with Crippen molar-refractivity contribution in [3.05, 3.63) is 51.1 Å². The molecule has 23 heavy (non-hydrogen) atoms. The van der Waals surface area contributed by atoms with Gasteiger partial charge in [0.25, 0.3) is 0 Å². The summed E-state index contributed by atoms with van der Waals surface area (Å²) < 4.78 is 6.35. The molecule has 3 rings (SSSR count). The topological polar surface area (TPSA) is 55.1 Å². The maximum atomic E-state index is 12.1. The Morgan fingerprint density at radius 1 is 1.43 bits per heavy atom. The number of carbonyl (C=O) groups excluding carboxylic acids is 1. The van der Waals surface area contributed by atoms with Crippen LogP contribution in [0, 0.1) is 0 Å². The van der Waals surface area contributed by atoms with E-state index in [-0.39, 0.29) is 11.9 Å². The van der Waals surface area contributed by atoms with Crippen molar-refractivity contribution in [2.24, 2.45) is 0 Å². The molecule has 0 spiro atoms. The van der Waals surface area contributed by atoms with Gasteiger partial charge in [-0.15, -0.1) is 22.7 Å². The van der Waals surface area contributed by atoms with E-state index in [0.29, 0.717) is 12.8 Å². The van der Waals surface area contributed by atoms with E-state index in [4.69, 9.17) is 4.42 Å². The third kappa shape index (κ3) is 4.53. The first-order valence-corrected chi connectivity index (χ1v) is 9.66. The van der Waals surface area contributed by atoms with Crippen LogP contribution >= 0.6 is 38.6 Å². The van der Waals surface area contributed by atoms with E-state index in [0.717, 1.165) is 25.8 Å². The van der Waals surface area contributed by atoms with Crippen molar-refractivity contribution in [1.82, 2.24) is 10.3 Å². The highest BCUT2D eigenvalue weighted by atomic mass is 79.9. The van der Waals surface area contributed by atoms with E-state index < -0.39 is 0 Å². The molecule has 0 radical (unpaired) electrons. The lowest BCUT2D eigenvalue weighted by Gasteiger charge is -2.11. The molecule has 0 fully saturated rings. The van der Waals surface area contributed by atoms with E-state index in [1.54, 1.807) is 28.9 Å². The Balaban J connectivity index is 1.54. The minimum absolute atomic E-state index is 0.0201. The molecule has 1 N–H and O–H groups in total. The fraction of sp³-hybridized carbons (Fsp3) is 0.250. The maximum absolute atomic E-state index is 12.1. The van der Waals surface area contributed by atoms with Crippen LogP contribution < -0.4 is 5.32 Å². The molecule has 4 nitrogen and oxygen atoms in total. The molecule has 0 aliphatic rings. The number of nitrogens with zero attached hydrogens (tertiary/aromatic N) is 1. The molecule has 120 valence electrons. The summed E-state index contributed by atoms with van der Waals surface area (Å²) in [4.78, 5) is 17.8. The molecule has 0 aliphatic heterocycles. The Morgan fingerprint density at radius 2 is 2.30 bits per heavy atom. The summed E-state index contributed by atoms with van der Waals surface area (Å²) in [5, 5.41) is 7.90. The predicted octanol–water partition coefficient (Wildman–Crippen LogP) is 4.52. The van der Waals surface area contributed by atoms with Gasteiger partial charge in [0.1, 0.15) is 10.8 Å². The minimum atomic E-state index is -0.0201. The number of amides is 1. The van der Waals surface area contributed by atoms with Gasteiger partial charge in [-0.3, -0.25) is 4.79 Å². The van der Waals surface area contributed by atoms with Crippen LogP contribution in [-0.4, -0.2) is 16.9 Å². The van der Waals surface area contributed by atoms with Crippen LogP contribution in [0.25, 0.3) is 9.88 Å². The molecule has 0 bridgehead atoms. The zero-order valence-corrected chi connectivity index (χ0v) is 15.6. The summed E-state index contributed by atoms with van der Waals surface area (Å²) >= 11 is 6.65. The van der Waals surface area contributed by atoms with Crippen molar-refractivity contribution in [3.63, 3.8) is 0 Å². The first kappa shape index (κ1) is 16.4. The predicted molar refractivity (Wildman–Crippen MR) is 96.8 cm³/mol. The number of nitrogens with one attached hydrogen (secondary N) is 1. The second-order valence-electron chi connectivity index (χ2n) is 5.20. The number of hydrogen-bond acceptors (Lipinski definition) is 5. The summed E-state index contributed by atoms with van der Waals surface area (Å²) in [7, 11) is 0. The summed E-state index contributed by atoms with van der Waals surface area (Å²) in [6, 6.07) is 5.83. The summed E-state index contributed by atoms with van der Waals surface area (Å²) in [5.41, 5.74) is 0.803. The molecule has 3 heterocycles. The molecule has 0 saturated heterocycles. The number of halogens is 1. The van der Waals surface area contributed by atoms with Crippen molar-refractivity contribution in [1.29, 1.82) is 0 Å². The highest BCUT2D eigenvalue weighted by Gasteiger charge is 2.13. The number of carbonyl (C=O) groups is 1. The van der Waals surface area contributed by atoms with Crippen LogP contribution in [0.15, 0.2) is 44.1 Å². The second-order valence-corrected chi connectivity index (χ2v) is 7.89. The third-order valence-electron chi connectivity index (χ3n) is 3.17. The van der Waals surface area contributed by atoms with E-state index in [2.05, 4.69) is 26.2 Å². The van der Waals surface area contributed by atoms with Crippen molar-refractivity contribution in [2.45, 2.75) is 25.8 Å². The SMILES string of the molecule is CC(Cc1ccco1)NC(=O)Cc1csc(-c2cc(Br)cs2)n1. The molecular weight excluding hydrogens is 396 g/mol. The Kier molecular flexibility index (Phi) is 5.30. The van der Waals surface area contributed by atoms with Crippen molar-refractivity contribution in [2.75, 3.05) is 0 Å². The standard InChI is InChI=1S/C16H15BrN2O2S2/c1-10(5-13-3-2-4-21-13)18-15(20)7-12-9-23-16(19-12)14-6-11(17)8-22-14/h2-4,6,8-10H,5,7H2,1H3,(H,18,20). The molecule has 3 aromatic rings. The number of rotatable bonds is 6. The van der Waals surface area contributed by atoms with E-state index in [9.17, 15) is 4.79 Å². The molecule has 0 saturated carbocycles. The number of furan rings is 1. The van der Waals surface area contributed by atoms with Gasteiger partial charge < -0.3 is 9.73 Å². The normalized spacial score (nSPS) is 12.3. The number of thiazole rings is 1. The lowest BCUT2D eigenvalue weighted by atomic mass is 10.2. The van der Waals surface area contributed by atoms with E-state index >= 15 is 0 Å². The molecule has 0 aromatic carbocycles. The highest BCUT2D eigenvalue weighted by Crippen LogP contribution is 2.32. The zero-order chi connectivity index (χ0) is 16.2. The van der Waals surface area contributed by atoms with Crippen LogP contribution in [0.5, 0.6) is 0 Å². The van der Waals surface area contributed by atoms with Gasteiger partial charge in [-0.2, -0.15) is 0 Å². The highest BCUT2D eigenvalue weighted by molar-refractivity contribution is 9.10. The van der Waals surface area contributed by atoms with Crippen LogP contribution in [0.4, 0.5) is 0 Å². The molecule has 3 aromatic heterocycles. The first-order valence-electron chi connectivity index (χ1n) is 7.10. The second kappa shape index (κ2) is 7.42. The lowest BCUT2D eigenvalue weighted by Crippen LogP contribution is -2.35. The van der Waals surface area contributed by atoms with Gasteiger partial charge in [0, 0.05) is 27.7 Å². The lowest BCUT2D eigenvalue weighted by molar-refractivity contribution is -0.121. The van der Waals surface area contributed by atoms with Gasteiger partial charge in [0.15, 0.2) is 0 Å². The van der Waals surface area contributed by atoms with Crippen LogP contribution in [0.1, 0.15) is 18.4 Å². The van der Waals surface area contributed by atoms with Gasteiger partial charge in [-0.25, -0.2) is 4.98 Å². The summed E-state index contributed by atoms with van der Waals surface area (Å²) in [6.07, 6.45) is 2.62. The van der Waals surface area contributed by atoms with Crippen molar-refractivity contribution < 1.29 is 9.21 Å². The Bertz CT molecular complexity index is 780. The third-order valence-corrected chi connectivity index (χ3v) is 5.92. The Labute approximate surface area is 150 Å². The Morgan fingerprint density at radius 3 is 3.00 bits per heavy atom. The monoisotopic (exact) mass is 410 g/mol. The Hall–Kier alpha value is -1.44. The number of hydrogen-bond donors (Lipinski definition) is 1. The van der Waals surface area contributed by atoms with Gasteiger partial charge in [-0.05, 0) is 41.1 Å². The molecule has 0 aliphatic carbocycles. The molecule has 1 unspecified atom stereocenters. The maximum Gasteiger partial charge on any atom is 0.226 e. The molecule has 1 atom stereocenters. The molecular formula is C16H15BrN2O2S2. The fourth-order valence-corrected chi connectivity index (χ4v) is 4.53. The quantitative estimate of drug-likeness (QED) is 0.649. The van der Waals surface area contributed by atoms with Gasteiger partial charge in [0.2, 0.25) is 5.91 Å². The van der Waals surface area contributed by atoms with Gasteiger partial charge in [-0.1, -0.05) is 0 Å². The number of aromatic nitrogens is 1. The van der Waals surface area contributed by atoms with Crippen LogP contribution in [0.2, 0.25) is 0 Å². The smallest absolute Gasteiger partial charge is 0.226 e. The van der Waals surface area contributed by atoms with Gasteiger partial charge >= 0.3 is 0 Å². The van der Waals surface area contributed by atoms with Crippen LogP contribution in [0.3, 0.4) is 0 Å². The summed E-state index contributed by atoms with van der Waals surface area (Å²) in [5.74, 6) is 0.852. The van der Waals surface area contributed by atoms with E-state index in [1.165, 1.54) is 0 Å². The first-order chi connectivity index (χ1) is 11.1. The molecule has 1 amide bonds. The average Bonchev–Trinajstić information content (AvgIpc) is 3.20. The number of thiophene rings is 1. The summed E-state index contributed by atoms with van der Waals surface area (Å²) in [6.45, 7) is 1.97. The van der Waals surface area contributed by atoms with Crippen molar-refractivity contribution in [3.8, 4) is 9.88 Å². The van der Waals surface area contributed by atoms with Crippen LogP contribution in [-0.2, 0) is 17.6 Å². The average molecular weight is 411 g/mol.